The van der Waals surface area contributed by atoms with Gasteiger partial charge in [0.2, 0.25) is 5.91 Å². The SMILES string of the molecule is CC(C)(C)OC(=O)N1CC(NC(=O)/C=C/c2cc(Cl)ccc2OCc2ccc(F)cc2)(c2ccc(Br)cc2)C1. The number of benzene rings is 3. The molecular weight excluding hydrogens is 587 g/mol. The molecule has 1 saturated heterocycles. The van der Waals surface area contributed by atoms with Crippen molar-refractivity contribution >= 4 is 45.6 Å². The molecule has 39 heavy (non-hydrogen) atoms. The van der Waals surface area contributed by atoms with Crippen LogP contribution >= 0.6 is 27.5 Å². The lowest BCUT2D eigenvalue weighted by Crippen LogP contribution is -2.69. The summed E-state index contributed by atoms with van der Waals surface area (Å²) in [5.41, 5.74) is 0.900. The fourth-order valence-corrected chi connectivity index (χ4v) is 4.57. The third-order valence-corrected chi connectivity index (χ3v) is 6.79. The molecule has 6 nitrogen and oxygen atoms in total. The van der Waals surface area contributed by atoms with E-state index in [4.69, 9.17) is 21.1 Å². The molecular formula is C30H29BrClFN2O4. The Morgan fingerprint density at radius 2 is 1.74 bits per heavy atom. The van der Waals surface area contributed by atoms with Crippen LogP contribution in [0.2, 0.25) is 5.02 Å². The van der Waals surface area contributed by atoms with Gasteiger partial charge in [0.15, 0.2) is 0 Å². The molecule has 1 N–H and O–H groups in total. The van der Waals surface area contributed by atoms with Crippen LogP contribution in [0.3, 0.4) is 0 Å². The second kappa shape index (κ2) is 11.8. The highest BCUT2D eigenvalue weighted by molar-refractivity contribution is 9.10. The van der Waals surface area contributed by atoms with Crippen LogP contribution < -0.4 is 10.1 Å². The molecule has 0 bridgehead atoms. The number of amides is 2. The highest BCUT2D eigenvalue weighted by Gasteiger charge is 2.48. The Morgan fingerprint density at radius 1 is 1.08 bits per heavy atom. The Labute approximate surface area is 240 Å². The van der Waals surface area contributed by atoms with Crippen molar-refractivity contribution in [3.63, 3.8) is 0 Å². The van der Waals surface area contributed by atoms with E-state index < -0.39 is 17.2 Å². The van der Waals surface area contributed by atoms with E-state index in [0.717, 1.165) is 15.6 Å². The van der Waals surface area contributed by atoms with Crippen molar-refractivity contribution in [3.05, 3.63) is 105 Å². The molecule has 2 amide bonds. The lowest BCUT2D eigenvalue weighted by molar-refractivity contribution is -0.121. The molecule has 1 aliphatic heterocycles. The minimum absolute atomic E-state index is 0.224. The maximum Gasteiger partial charge on any atom is 0.410 e. The summed E-state index contributed by atoms with van der Waals surface area (Å²) in [4.78, 5) is 27.3. The average Bonchev–Trinajstić information content (AvgIpc) is 2.84. The summed E-state index contributed by atoms with van der Waals surface area (Å²) in [5.74, 6) is -0.136. The number of carbonyl (C=O) groups excluding carboxylic acids is 2. The van der Waals surface area contributed by atoms with Gasteiger partial charge in [-0.25, -0.2) is 9.18 Å². The summed E-state index contributed by atoms with van der Waals surface area (Å²) < 4.78 is 25.5. The maximum atomic E-state index is 13.2. The highest BCUT2D eigenvalue weighted by atomic mass is 79.9. The van der Waals surface area contributed by atoms with E-state index in [2.05, 4.69) is 21.2 Å². The lowest BCUT2D eigenvalue weighted by atomic mass is 9.82. The molecule has 1 aliphatic rings. The molecule has 0 spiro atoms. The molecule has 1 heterocycles. The number of likely N-dealkylation sites (tertiary alicyclic amines) is 1. The zero-order valence-electron chi connectivity index (χ0n) is 21.8. The molecule has 9 heteroatoms. The molecule has 3 aromatic rings. The van der Waals surface area contributed by atoms with Gasteiger partial charge in [0, 0.05) is 21.1 Å². The Kier molecular flexibility index (Phi) is 8.67. The van der Waals surface area contributed by atoms with Crippen LogP contribution in [0.1, 0.15) is 37.5 Å². The second-order valence-electron chi connectivity index (χ2n) is 10.3. The van der Waals surface area contributed by atoms with Gasteiger partial charge < -0.3 is 19.7 Å². The lowest BCUT2D eigenvalue weighted by Gasteiger charge is -2.50. The van der Waals surface area contributed by atoms with Gasteiger partial charge in [-0.3, -0.25) is 4.79 Å². The molecule has 3 aromatic carbocycles. The first-order chi connectivity index (χ1) is 18.4. The van der Waals surface area contributed by atoms with Gasteiger partial charge >= 0.3 is 6.09 Å². The molecule has 0 radical (unpaired) electrons. The smallest absolute Gasteiger partial charge is 0.410 e. The van der Waals surface area contributed by atoms with Crippen LogP contribution in [0.5, 0.6) is 5.75 Å². The fourth-order valence-electron chi connectivity index (χ4n) is 4.13. The Morgan fingerprint density at radius 3 is 2.38 bits per heavy atom. The standard InChI is InChI=1S/C30H29BrClFN2O4/c1-29(2,3)39-28(37)35-18-30(19-35,22-7-9-23(31)10-8-22)34-27(36)15-6-21-16-24(32)11-14-26(21)38-17-20-4-12-25(33)13-5-20/h4-16H,17-19H2,1-3H3,(H,34,36)/b15-6+. The van der Waals surface area contributed by atoms with Crippen molar-refractivity contribution < 1.29 is 23.5 Å². The quantitative estimate of drug-likeness (QED) is 0.288. The number of ether oxygens (including phenoxy) is 2. The summed E-state index contributed by atoms with van der Waals surface area (Å²) >= 11 is 9.65. The first kappa shape index (κ1) is 28.6. The normalized spacial score (nSPS) is 14.6. The predicted octanol–water partition coefficient (Wildman–Crippen LogP) is 7.10. The molecule has 0 unspecified atom stereocenters. The predicted molar refractivity (Wildman–Crippen MR) is 153 cm³/mol. The Bertz CT molecular complexity index is 1370. The molecule has 4 rings (SSSR count). The average molecular weight is 616 g/mol. The Hall–Kier alpha value is -3.36. The topological polar surface area (TPSA) is 67.9 Å². The van der Waals surface area contributed by atoms with Gasteiger partial charge in [0.25, 0.3) is 0 Å². The molecule has 0 aromatic heterocycles. The van der Waals surface area contributed by atoms with Crippen LogP contribution in [0, 0.1) is 5.82 Å². The molecule has 0 saturated carbocycles. The first-order valence-corrected chi connectivity index (χ1v) is 13.5. The number of nitrogens with one attached hydrogen (secondary N) is 1. The number of halogens is 3. The van der Waals surface area contributed by atoms with Gasteiger partial charge in [-0.1, -0.05) is 51.8 Å². The number of hydrogen-bond acceptors (Lipinski definition) is 4. The van der Waals surface area contributed by atoms with Gasteiger partial charge in [-0.2, -0.15) is 0 Å². The van der Waals surface area contributed by atoms with E-state index in [1.165, 1.54) is 18.2 Å². The van der Waals surface area contributed by atoms with Crippen molar-refractivity contribution in [3.8, 4) is 5.75 Å². The van der Waals surface area contributed by atoms with Crippen LogP contribution in [0.4, 0.5) is 9.18 Å². The molecule has 1 fully saturated rings. The number of nitrogens with zero attached hydrogens (tertiary/aromatic N) is 1. The first-order valence-electron chi connectivity index (χ1n) is 12.3. The Balaban J connectivity index is 1.48. The zero-order valence-corrected chi connectivity index (χ0v) is 24.2. The summed E-state index contributed by atoms with van der Waals surface area (Å²) in [7, 11) is 0. The monoisotopic (exact) mass is 614 g/mol. The molecule has 204 valence electrons. The summed E-state index contributed by atoms with van der Waals surface area (Å²) in [5, 5.41) is 3.57. The maximum absolute atomic E-state index is 13.2. The number of hydrogen-bond donors (Lipinski definition) is 1. The molecule has 0 atom stereocenters. The van der Waals surface area contributed by atoms with E-state index in [1.54, 1.807) is 41.3 Å². The van der Waals surface area contributed by atoms with Crippen LogP contribution in [0.15, 0.2) is 77.3 Å². The van der Waals surface area contributed by atoms with Gasteiger partial charge in [0.1, 0.15) is 29.3 Å². The van der Waals surface area contributed by atoms with Crippen LogP contribution in [-0.4, -0.2) is 35.6 Å². The van der Waals surface area contributed by atoms with Crippen molar-refractivity contribution in [2.24, 2.45) is 0 Å². The second-order valence-corrected chi connectivity index (χ2v) is 11.7. The van der Waals surface area contributed by atoms with Crippen molar-refractivity contribution in [1.29, 1.82) is 0 Å². The van der Waals surface area contributed by atoms with Crippen molar-refractivity contribution in [2.45, 2.75) is 38.5 Å². The largest absolute Gasteiger partial charge is 0.488 e. The van der Waals surface area contributed by atoms with E-state index in [9.17, 15) is 14.0 Å². The fraction of sp³-hybridized carbons (Fsp3) is 0.267. The van der Waals surface area contributed by atoms with Gasteiger partial charge in [-0.15, -0.1) is 0 Å². The summed E-state index contributed by atoms with van der Waals surface area (Å²) in [6, 6.07) is 18.8. The minimum atomic E-state index is -0.769. The number of rotatable bonds is 7. The van der Waals surface area contributed by atoms with Gasteiger partial charge in [0.05, 0.1) is 13.1 Å². The number of carbonyl (C=O) groups is 2. The summed E-state index contributed by atoms with van der Waals surface area (Å²) in [6.45, 7) is 6.20. The third-order valence-electron chi connectivity index (χ3n) is 6.03. The minimum Gasteiger partial charge on any atom is -0.488 e. The van der Waals surface area contributed by atoms with Crippen LogP contribution in [0.25, 0.3) is 6.08 Å². The van der Waals surface area contributed by atoms with E-state index in [0.29, 0.717) is 16.3 Å². The van der Waals surface area contributed by atoms with Crippen molar-refractivity contribution in [1.82, 2.24) is 10.2 Å². The van der Waals surface area contributed by atoms with Gasteiger partial charge in [-0.05, 0) is 80.4 Å². The highest BCUT2D eigenvalue weighted by Crippen LogP contribution is 2.34. The third kappa shape index (κ3) is 7.61. The van der Waals surface area contributed by atoms with Crippen LogP contribution in [-0.2, 0) is 21.7 Å². The van der Waals surface area contributed by atoms with E-state index in [1.807, 2.05) is 45.0 Å². The van der Waals surface area contributed by atoms with E-state index in [-0.39, 0.29) is 31.4 Å². The summed E-state index contributed by atoms with van der Waals surface area (Å²) in [6.07, 6.45) is 2.61. The van der Waals surface area contributed by atoms with Crippen molar-refractivity contribution in [2.75, 3.05) is 13.1 Å². The van der Waals surface area contributed by atoms with E-state index >= 15 is 0 Å². The molecule has 0 aliphatic carbocycles. The zero-order chi connectivity index (χ0) is 28.2.